The zero-order valence-electron chi connectivity index (χ0n) is 13.4. The highest BCUT2D eigenvalue weighted by atomic mass is 16.5. The highest BCUT2D eigenvalue weighted by Crippen LogP contribution is 2.27. The molecule has 5 heteroatoms. The number of carbonyl (C=O) groups excluding carboxylic acids is 2. The predicted molar refractivity (Wildman–Crippen MR) is 90.1 cm³/mol. The second-order valence-electron chi connectivity index (χ2n) is 5.82. The van der Waals surface area contributed by atoms with Crippen molar-refractivity contribution in [2.45, 2.75) is 25.9 Å². The van der Waals surface area contributed by atoms with E-state index in [1.54, 1.807) is 11.8 Å². The van der Waals surface area contributed by atoms with Gasteiger partial charge in [-0.1, -0.05) is 18.2 Å². The van der Waals surface area contributed by atoms with Crippen molar-refractivity contribution in [2.24, 2.45) is 0 Å². The van der Waals surface area contributed by atoms with Crippen LogP contribution >= 0.6 is 0 Å². The Hall–Kier alpha value is -2.82. The van der Waals surface area contributed by atoms with E-state index in [0.717, 1.165) is 24.1 Å². The van der Waals surface area contributed by atoms with Gasteiger partial charge < -0.3 is 14.7 Å². The van der Waals surface area contributed by atoms with Crippen molar-refractivity contribution in [1.29, 1.82) is 0 Å². The van der Waals surface area contributed by atoms with Gasteiger partial charge in [-0.15, -0.1) is 0 Å². The van der Waals surface area contributed by atoms with E-state index in [2.05, 4.69) is 0 Å². The summed E-state index contributed by atoms with van der Waals surface area (Å²) in [5.41, 5.74) is 2.32. The number of para-hydroxylation sites is 1. The summed E-state index contributed by atoms with van der Waals surface area (Å²) in [5, 5.41) is 9.26. The van der Waals surface area contributed by atoms with Crippen molar-refractivity contribution in [3.63, 3.8) is 0 Å². The number of rotatable bonds is 3. The molecule has 0 saturated carbocycles. The molecule has 0 aliphatic carbocycles. The summed E-state index contributed by atoms with van der Waals surface area (Å²) in [6, 6.07) is 13.5. The second-order valence-corrected chi connectivity index (χ2v) is 5.82. The fourth-order valence-electron chi connectivity index (χ4n) is 2.86. The zero-order chi connectivity index (χ0) is 17.1. The number of amides is 1. The molecule has 1 heterocycles. The smallest absolute Gasteiger partial charge is 0.338 e. The van der Waals surface area contributed by atoms with Crippen molar-refractivity contribution in [3.05, 3.63) is 59.7 Å². The minimum absolute atomic E-state index is 0.0700. The van der Waals surface area contributed by atoms with Gasteiger partial charge in [0.15, 0.2) is 6.10 Å². The zero-order valence-corrected chi connectivity index (χ0v) is 13.4. The molecule has 1 aliphatic heterocycles. The van der Waals surface area contributed by atoms with E-state index >= 15 is 0 Å². The lowest BCUT2D eigenvalue weighted by Gasteiger charge is -2.31. The molecular formula is C19H19NO4. The third-order valence-corrected chi connectivity index (χ3v) is 4.11. The standard InChI is InChI=1S/C19H19NO4/c1-13(24-19(23)15-8-10-16(21)11-9-15)18(22)20-12-4-6-14-5-2-3-7-17(14)20/h2-3,5,7-11,13,21H,4,6,12H2,1H3/t13-/m0/s1. The van der Waals surface area contributed by atoms with E-state index in [9.17, 15) is 14.7 Å². The topological polar surface area (TPSA) is 66.8 Å². The number of phenols is 1. The molecule has 1 aliphatic rings. The molecule has 0 fully saturated rings. The molecule has 124 valence electrons. The third kappa shape index (κ3) is 3.25. The molecule has 0 unspecified atom stereocenters. The van der Waals surface area contributed by atoms with E-state index in [0.29, 0.717) is 12.1 Å². The maximum Gasteiger partial charge on any atom is 0.338 e. The van der Waals surface area contributed by atoms with Crippen LogP contribution in [-0.2, 0) is 16.0 Å². The second kappa shape index (κ2) is 6.74. The molecule has 0 spiro atoms. The monoisotopic (exact) mass is 325 g/mol. The average Bonchev–Trinajstić information content (AvgIpc) is 2.61. The lowest BCUT2D eigenvalue weighted by Crippen LogP contribution is -2.42. The first-order valence-corrected chi connectivity index (χ1v) is 7.95. The van der Waals surface area contributed by atoms with E-state index in [1.807, 2.05) is 24.3 Å². The van der Waals surface area contributed by atoms with Crippen LogP contribution < -0.4 is 4.90 Å². The Kier molecular flexibility index (Phi) is 4.51. The Morgan fingerprint density at radius 2 is 1.83 bits per heavy atom. The molecule has 0 aromatic heterocycles. The van der Waals surface area contributed by atoms with Crippen molar-refractivity contribution < 1.29 is 19.4 Å². The van der Waals surface area contributed by atoms with Gasteiger partial charge in [-0.2, -0.15) is 0 Å². The largest absolute Gasteiger partial charge is 0.508 e. The summed E-state index contributed by atoms with van der Waals surface area (Å²) in [4.78, 5) is 26.5. The predicted octanol–water partition coefficient (Wildman–Crippen LogP) is 2.92. The first-order valence-electron chi connectivity index (χ1n) is 7.95. The minimum Gasteiger partial charge on any atom is -0.508 e. The van der Waals surface area contributed by atoms with E-state index in [4.69, 9.17) is 4.74 Å². The fraction of sp³-hybridized carbons (Fsp3) is 0.263. The molecule has 0 saturated heterocycles. The Bertz CT molecular complexity index is 754. The lowest BCUT2D eigenvalue weighted by atomic mass is 10.0. The molecular weight excluding hydrogens is 306 g/mol. The van der Waals surface area contributed by atoms with Crippen LogP contribution in [-0.4, -0.2) is 29.6 Å². The van der Waals surface area contributed by atoms with E-state index in [1.165, 1.54) is 24.3 Å². The highest BCUT2D eigenvalue weighted by molar-refractivity contribution is 5.99. The van der Waals surface area contributed by atoms with Crippen LogP contribution in [0.15, 0.2) is 48.5 Å². The molecule has 1 N–H and O–H groups in total. The molecule has 2 aromatic carbocycles. The molecule has 0 bridgehead atoms. The molecule has 0 radical (unpaired) electrons. The van der Waals surface area contributed by atoms with Gasteiger partial charge >= 0.3 is 5.97 Å². The number of anilines is 1. The number of ether oxygens (including phenoxy) is 1. The summed E-state index contributed by atoms with van der Waals surface area (Å²) in [5.74, 6) is -0.740. The molecule has 3 rings (SSSR count). The summed E-state index contributed by atoms with van der Waals surface area (Å²) in [7, 11) is 0. The molecule has 2 aromatic rings. The van der Waals surface area contributed by atoms with Gasteiger partial charge in [0.25, 0.3) is 5.91 Å². The Labute approximate surface area is 140 Å². The summed E-state index contributed by atoms with van der Waals surface area (Å²) < 4.78 is 5.29. The van der Waals surface area contributed by atoms with Crippen molar-refractivity contribution in [3.8, 4) is 5.75 Å². The number of hydrogen-bond acceptors (Lipinski definition) is 4. The third-order valence-electron chi connectivity index (χ3n) is 4.11. The molecule has 1 atom stereocenters. The van der Waals surface area contributed by atoms with Gasteiger partial charge in [0.05, 0.1) is 5.56 Å². The first kappa shape index (κ1) is 16.1. The number of aryl methyl sites for hydroxylation is 1. The van der Waals surface area contributed by atoms with Gasteiger partial charge in [0, 0.05) is 12.2 Å². The number of benzene rings is 2. The maximum atomic E-state index is 12.7. The number of carbonyl (C=O) groups is 2. The van der Waals surface area contributed by atoms with Crippen molar-refractivity contribution in [2.75, 3.05) is 11.4 Å². The summed E-state index contributed by atoms with van der Waals surface area (Å²) >= 11 is 0. The first-order chi connectivity index (χ1) is 11.6. The number of phenolic OH excluding ortho intramolecular Hbond substituents is 1. The van der Waals surface area contributed by atoms with Crippen LogP contribution in [0.2, 0.25) is 0 Å². The van der Waals surface area contributed by atoms with Crippen molar-refractivity contribution >= 4 is 17.6 Å². The van der Waals surface area contributed by atoms with Crippen LogP contribution in [0.3, 0.4) is 0 Å². The van der Waals surface area contributed by atoms with E-state index in [-0.39, 0.29) is 11.7 Å². The Morgan fingerprint density at radius 1 is 1.12 bits per heavy atom. The summed E-state index contributed by atoms with van der Waals surface area (Å²) in [6.07, 6.45) is 0.959. The fourth-order valence-corrected chi connectivity index (χ4v) is 2.86. The van der Waals surface area contributed by atoms with Crippen molar-refractivity contribution in [1.82, 2.24) is 0 Å². The maximum absolute atomic E-state index is 12.7. The Balaban J connectivity index is 1.71. The average molecular weight is 325 g/mol. The van der Waals surface area contributed by atoms with Crippen LogP contribution in [0.5, 0.6) is 5.75 Å². The Morgan fingerprint density at radius 3 is 2.58 bits per heavy atom. The van der Waals surface area contributed by atoms with Crippen LogP contribution in [0.1, 0.15) is 29.3 Å². The molecule has 24 heavy (non-hydrogen) atoms. The molecule has 1 amide bonds. The van der Waals surface area contributed by atoms with Crippen LogP contribution in [0.25, 0.3) is 0 Å². The number of esters is 1. The number of aromatic hydroxyl groups is 1. The normalized spacial score (nSPS) is 14.6. The highest BCUT2D eigenvalue weighted by Gasteiger charge is 2.28. The molecule has 5 nitrogen and oxygen atoms in total. The van der Waals surface area contributed by atoms with Crippen LogP contribution in [0, 0.1) is 0 Å². The van der Waals surface area contributed by atoms with Gasteiger partial charge in [-0.25, -0.2) is 4.79 Å². The van der Waals surface area contributed by atoms with Gasteiger partial charge in [0.2, 0.25) is 0 Å². The SMILES string of the molecule is C[C@H](OC(=O)c1ccc(O)cc1)C(=O)N1CCCc2ccccc21. The van der Waals surface area contributed by atoms with Gasteiger partial charge in [-0.3, -0.25) is 4.79 Å². The van der Waals surface area contributed by atoms with Gasteiger partial charge in [0.1, 0.15) is 5.75 Å². The minimum atomic E-state index is -0.877. The quantitative estimate of drug-likeness (QED) is 0.881. The lowest BCUT2D eigenvalue weighted by molar-refractivity contribution is -0.126. The van der Waals surface area contributed by atoms with Gasteiger partial charge in [-0.05, 0) is 55.7 Å². The number of nitrogens with zero attached hydrogens (tertiary/aromatic N) is 1. The summed E-state index contributed by atoms with van der Waals surface area (Å²) in [6.45, 7) is 2.20. The van der Waals surface area contributed by atoms with E-state index < -0.39 is 12.1 Å². The number of hydrogen-bond donors (Lipinski definition) is 1. The number of fused-ring (bicyclic) bond motifs is 1. The van der Waals surface area contributed by atoms with Crippen LogP contribution in [0.4, 0.5) is 5.69 Å².